The summed E-state index contributed by atoms with van der Waals surface area (Å²) in [6.45, 7) is 0.0519. The maximum Gasteiger partial charge on any atom is 0.421 e. The number of anilines is 1. The quantitative estimate of drug-likeness (QED) is 0.443. The van der Waals surface area contributed by atoms with Crippen molar-refractivity contribution in [3.63, 3.8) is 0 Å². The molecule has 0 saturated carbocycles. The van der Waals surface area contributed by atoms with Crippen molar-refractivity contribution in [1.29, 1.82) is 0 Å². The summed E-state index contributed by atoms with van der Waals surface area (Å²) >= 11 is 0. The lowest BCUT2D eigenvalue weighted by Gasteiger charge is -2.05. The van der Waals surface area contributed by atoms with E-state index in [1.54, 1.807) is 12.1 Å². The van der Waals surface area contributed by atoms with Gasteiger partial charge in [-0.3, -0.25) is 14.7 Å². The summed E-state index contributed by atoms with van der Waals surface area (Å²) in [5, 5.41) is 10.8. The number of aromatic nitrogens is 2. The van der Waals surface area contributed by atoms with Gasteiger partial charge in [0.2, 0.25) is 0 Å². The number of hydrogen-bond acceptors (Lipinski definition) is 6. The number of non-ortho nitro benzene ring substituents is 1. The lowest BCUT2D eigenvalue weighted by molar-refractivity contribution is -0.384. The van der Waals surface area contributed by atoms with Gasteiger partial charge in [0.05, 0.1) is 11.5 Å². The smallest absolute Gasteiger partial charge is 0.406 e. The van der Waals surface area contributed by atoms with Gasteiger partial charge in [0.25, 0.3) is 5.69 Å². The van der Waals surface area contributed by atoms with Gasteiger partial charge in [0, 0.05) is 29.6 Å². The Morgan fingerprint density at radius 3 is 2.95 bits per heavy atom. The summed E-state index contributed by atoms with van der Waals surface area (Å²) < 4.78 is 6.34. The second kappa shape index (κ2) is 4.75. The van der Waals surface area contributed by atoms with Crippen LogP contribution in [0.5, 0.6) is 0 Å². The molecular formula is C13H10N4O4. The Kier molecular flexibility index (Phi) is 2.90. The highest BCUT2D eigenvalue weighted by Crippen LogP contribution is 2.21. The van der Waals surface area contributed by atoms with Crippen molar-refractivity contribution >= 4 is 22.6 Å². The summed E-state index contributed by atoms with van der Waals surface area (Å²) in [5.41, 5.74) is 7.26. The van der Waals surface area contributed by atoms with Crippen molar-refractivity contribution in [3.8, 4) is 0 Å². The predicted molar refractivity (Wildman–Crippen MR) is 74.9 cm³/mol. The molecule has 0 saturated heterocycles. The third-order valence-corrected chi connectivity index (χ3v) is 3.09. The molecular weight excluding hydrogens is 276 g/mol. The minimum absolute atomic E-state index is 0.0519. The largest absolute Gasteiger partial charge is 0.421 e. The van der Waals surface area contributed by atoms with Crippen molar-refractivity contribution in [3.05, 3.63) is 62.8 Å². The number of fused-ring (bicyclic) bond motifs is 1. The van der Waals surface area contributed by atoms with E-state index in [0.29, 0.717) is 22.5 Å². The summed E-state index contributed by atoms with van der Waals surface area (Å²) in [6, 6.07) is 7.36. The molecule has 0 atom stereocenters. The molecule has 2 aromatic heterocycles. The molecule has 0 unspecified atom stereocenters. The molecule has 0 amide bonds. The fraction of sp³-hybridized carbons (Fsp3) is 0.0769. The zero-order valence-electron chi connectivity index (χ0n) is 10.7. The Morgan fingerprint density at radius 1 is 1.38 bits per heavy atom. The van der Waals surface area contributed by atoms with Gasteiger partial charge < -0.3 is 10.2 Å². The van der Waals surface area contributed by atoms with E-state index < -0.39 is 10.7 Å². The molecule has 0 aliphatic heterocycles. The van der Waals surface area contributed by atoms with Crippen LogP contribution >= 0.6 is 0 Å². The Balaban J connectivity index is 2.10. The number of pyridine rings is 1. The first-order chi connectivity index (χ1) is 10.1. The average molecular weight is 286 g/mol. The number of hydrogen-bond donors (Lipinski definition) is 1. The third-order valence-electron chi connectivity index (χ3n) is 3.09. The Morgan fingerprint density at radius 2 is 2.19 bits per heavy atom. The van der Waals surface area contributed by atoms with Crippen LogP contribution in [-0.4, -0.2) is 14.5 Å². The van der Waals surface area contributed by atoms with E-state index in [2.05, 4.69) is 4.98 Å². The molecule has 2 N–H and O–H groups in total. The van der Waals surface area contributed by atoms with Crippen LogP contribution in [-0.2, 0) is 6.54 Å². The third kappa shape index (κ3) is 2.22. The number of rotatable bonds is 3. The zero-order valence-corrected chi connectivity index (χ0v) is 10.7. The van der Waals surface area contributed by atoms with E-state index in [4.69, 9.17) is 10.2 Å². The highest BCUT2D eigenvalue weighted by molar-refractivity contribution is 5.67. The number of oxazole rings is 1. The zero-order chi connectivity index (χ0) is 15.0. The molecule has 1 aromatic carbocycles. The summed E-state index contributed by atoms with van der Waals surface area (Å²) in [4.78, 5) is 26.2. The van der Waals surface area contributed by atoms with E-state index in [1.807, 2.05) is 0 Å². The first-order valence-corrected chi connectivity index (χ1v) is 6.03. The topological polar surface area (TPSA) is 117 Å². The van der Waals surface area contributed by atoms with Gasteiger partial charge in [-0.15, -0.1) is 0 Å². The Bertz CT molecular complexity index is 897. The highest BCUT2D eigenvalue weighted by atomic mass is 16.6. The number of nitrogens with two attached hydrogens (primary N) is 1. The van der Waals surface area contributed by atoms with E-state index in [0.717, 1.165) is 0 Å². The van der Waals surface area contributed by atoms with E-state index in [-0.39, 0.29) is 12.2 Å². The van der Waals surface area contributed by atoms with Crippen LogP contribution in [0.3, 0.4) is 0 Å². The number of nitro groups is 1. The molecule has 8 nitrogen and oxygen atoms in total. The van der Waals surface area contributed by atoms with Crippen LogP contribution in [0.2, 0.25) is 0 Å². The Labute approximate surface area is 117 Å². The maximum absolute atomic E-state index is 11.9. The molecule has 106 valence electrons. The molecule has 0 fully saturated rings. The van der Waals surface area contributed by atoms with E-state index >= 15 is 0 Å². The molecule has 8 heteroatoms. The predicted octanol–water partition coefficient (Wildman–Crippen LogP) is 1.53. The first kappa shape index (κ1) is 12.9. The summed E-state index contributed by atoms with van der Waals surface area (Å²) in [6.07, 6.45) is 1.53. The summed E-state index contributed by atoms with van der Waals surface area (Å²) in [5.74, 6) is -0.588. The van der Waals surface area contributed by atoms with Gasteiger partial charge >= 0.3 is 5.76 Å². The molecule has 3 rings (SSSR count). The number of nitrogens with zero attached hydrogens (tertiary/aromatic N) is 3. The maximum atomic E-state index is 11.9. The van der Waals surface area contributed by atoms with Crippen molar-refractivity contribution < 1.29 is 9.34 Å². The molecule has 0 aliphatic carbocycles. The van der Waals surface area contributed by atoms with Gasteiger partial charge in [-0.25, -0.2) is 9.78 Å². The lowest BCUT2D eigenvalue weighted by atomic mass is 10.1. The van der Waals surface area contributed by atoms with Crippen molar-refractivity contribution in [2.24, 2.45) is 0 Å². The van der Waals surface area contributed by atoms with Crippen molar-refractivity contribution in [1.82, 2.24) is 9.55 Å². The first-order valence-electron chi connectivity index (χ1n) is 6.03. The molecule has 2 heterocycles. The number of benzene rings is 1. The van der Waals surface area contributed by atoms with E-state index in [1.165, 1.54) is 29.0 Å². The minimum Gasteiger partial charge on any atom is -0.406 e. The van der Waals surface area contributed by atoms with Gasteiger partial charge in [0.15, 0.2) is 11.2 Å². The van der Waals surface area contributed by atoms with Crippen molar-refractivity contribution in [2.45, 2.75) is 6.54 Å². The van der Waals surface area contributed by atoms with Crippen LogP contribution in [0.1, 0.15) is 5.56 Å². The van der Waals surface area contributed by atoms with Crippen LogP contribution in [0, 0.1) is 10.1 Å². The second-order valence-electron chi connectivity index (χ2n) is 4.42. The van der Waals surface area contributed by atoms with Gasteiger partial charge in [-0.05, 0) is 18.2 Å². The molecule has 0 radical (unpaired) electrons. The molecule has 0 spiro atoms. The SMILES string of the molecule is Nc1ccc([N+](=O)[O-])cc1Cn1c(=O)oc2cccnc21. The van der Waals surface area contributed by atoms with Gasteiger partial charge in [0.1, 0.15) is 0 Å². The fourth-order valence-electron chi connectivity index (χ4n) is 2.05. The van der Waals surface area contributed by atoms with Crippen LogP contribution in [0.4, 0.5) is 11.4 Å². The second-order valence-corrected chi connectivity index (χ2v) is 4.42. The molecule has 21 heavy (non-hydrogen) atoms. The minimum atomic E-state index is -0.588. The van der Waals surface area contributed by atoms with Crippen molar-refractivity contribution in [2.75, 3.05) is 5.73 Å². The van der Waals surface area contributed by atoms with Crippen LogP contribution in [0.15, 0.2) is 45.7 Å². The monoisotopic (exact) mass is 286 g/mol. The molecule has 0 bridgehead atoms. The van der Waals surface area contributed by atoms with Gasteiger partial charge in [-0.2, -0.15) is 0 Å². The summed E-state index contributed by atoms with van der Waals surface area (Å²) in [7, 11) is 0. The average Bonchev–Trinajstić information content (AvgIpc) is 2.77. The van der Waals surface area contributed by atoms with E-state index in [9.17, 15) is 14.9 Å². The Hall–Kier alpha value is -3.16. The molecule has 0 aliphatic rings. The fourth-order valence-corrected chi connectivity index (χ4v) is 2.05. The highest BCUT2D eigenvalue weighted by Gasteiger charge is 2.14. The standard InChI is InChI=1S/C13H10N4O4/c14-10-4-3-9(17(19)20)6-8(10)7-16-12-11(21-13(16)18)2-1-5-15-12/h1-6H,7,14H2. The normalized spacial score (nSPS) is 10.9. The lowest BCUT2D eigenvalue weighted by Crippen LogP contribution is -2.16. The molecule has 3 aromatic rings. The number of nitro benzene ring substituents is 1. The van der Waals surface area contributed by atoms with Crippen LogP contribution in [0.25, 0.3) is 11.2 Å². The van der Waals surface area contributed by atoms with Gasteiger partial charge in [-0.1, -0.05) is 0 Å². The number of nitrogen functional groups attached to an aromatic ring is 1. The van der Waals surface area contributed by atoms with Crippen LogP contribution < -0.4 is 11.5 Å².